The number of carbonyl (C=O) groups is 1. The number of nitrogens with one attached hydrogen (secondary N) is 2. The Hall–Kier alpha value is -3.66. The monoisotopic (exact) mass is 495 g/mol. The van der Waals surface area contributed by atoms with E-state index < -0.39 is 11.2 Å². The number of aromatic nitrogens is 3. The van der Waals surface area contributed by atoms with Crippen molar-refractivity contribution in [3.8, 4) is 5.75 Å². The molecule has 0 saturated heterocycles. The average Bonchev–Trinajstić information content (AvgIpc) is 3.32. The van der Waals surface area contributed by atoms with E-state index in [1.807, 2.05) is 28.9 Å². The minimum atomic E-state index is -0.734. The second-order valence-corrected chi connectivity index (χ2v) is 10.3. The first-order valence-corrected chi connectivity index (χ1v) is 12.1. The summed E-state index contributed by atoms with van der Waals surface area (Å²) in [6.45, 7) is 6.22. The van der Waals surface area contributed by atoms with Gasteiger partial charge in [0.05, 0.1) is 28.9 Å². The van der Waals surface area contributed by atoms with Gasteiger partial charge in [-0.25, -0.2) is 19.9 Å². The Kier molecular flexibility index (Phi) is 7.16. The summed E-state index contributed by atoms with van der Waals surface area (Å²) < 4.78 is 22.1. The lowest BCUT2D eigenvalue weighted by molar-refractivity contribution is -0.134. The number of rotatable bonds is 7. The van der Waals surface area contributed by atoms with E-state index in [9.17, 15) is 9.18 Å². The highest BCUT2D eigenvalue weighted by Crippen LogP contribution is 2.41. The van der Waals surface area contributed by atoms with Crippen LogP contribution in [-0.2, 0) is 16.8 Å². The number of benzene rings is 1. The second-order valence-electron chi connectivity index (χ2n) is 10.3. The van der Waals surface area contributed by atoms with Crippen molar-refractivity contribution in [1.82, 2.24) is 20.2 Å². The van der Waals surface area contributed by atoms with E-state index in [4.69, 9.17) is 21.3 Å². The van der Waals surface area contributed by atoms with Gasteiger partial charge in [-0.15, -0.1) is 0 Å². The van der Waals surface area contributed by atoms with Gasteiger partial charge in [-0.05, 0) is 70.7 Å². The van der Waals surface area contributed by atoms with Crippen molar-refractivity contribution in [3.63, 3.8) is 0 Å². The van der Waals surface area contributed by atoms with Crippen molar-refractivity contribution in [1.29, 1.82) is 0 Å². The number of hydrogen-bond acceptors (Lipinski definition) is 7. The van der Waals surface area contributed by atoms with E-state index in [2.05, 4.69) is 36.6 Å². The van der Waals surface area contributed by atoms with E-state index in [1.165, 1.54) is 6.07 Å². The molecule has 0 aliphatic heterocycles. The van der Waals surface area contributed by atoms with Crippen molar-refractivity contribution in [2.24, 2.45) is 11.3 Å². The largest absolute Gasteiger partial charge is 0.487 e. The van der Waals surface area contributed by atoms with Crippen LogP contribution < -0.4 is 27.1 Å². The molecule has 3 aromatic rings. The summed E-state index contributed by atoms with van der Waals surface area (Å²) in [5.41, 5.74) is 7.89. The molecule has 1 saturated carbocycles. The predicted molar refractivity (Wildman–Crippen MR) is 137 cm³/mol. The lowest BCUT2D eigenvalue weighted by Crippen LogP contribution is -2.48. The molecule has 0 spiro atoms. The molecule has 1 aliphatic carbocycles. The average molecular weight is 496 g/mol. The van der Waals surface area contributed by atoms with Crippen molar-refractivity contribution >= 4 is 23.2 Å². The minimum Gasteiger partial charge on any atom is -0.487 e. The van der Waals surface area contributed by atoms with Gasteiger partial charge >= 0.3 is 0 Å². The van der Waals surface area contributed by atoms with Crippen LogP contribution in [-0.4, -0.2) is 26.8 Å². The molecule has 2 aromatic heterocycles. The van der Waals surface area contributed by atoms with E-state index in [0.29, 0.717) is 37.9 Å². The van der Waals surface area contributed by atoms with Crippen LogP contribution in [0.1, 0.15) is 52.1 Å². The fourth-order valence-corrected chi connectivity index (χ4v) is 4.76. The number of anilines is 3. The molecular weight excluding hydrogens is 461 g/mol. The van der Waals surface area contributed by atoms with Crippen molar-refractivity contribution < 1.29 is 13.9 Å². The molecule has 10 heteroatoms. The molecule has 4 rings (SSSR count). The van der Waals surface area contributed by atoms with Gasteiger partial charge in [0.1, 0.15) is 11.6 Å². The van der Waals surface area contributed by atoms with Crippen molar-refractivity contribution in [2.75, 3.05) is 11.1 Å². The van der Waals surface area contributed by atoms with Crippen LogP contribution in [0, 0.1) is 11.2 Å². The number of amides is 1. The molecule has 1 fully saturated rings. The first-order chi connectivity index (χ1) is 17.1. The maximum atomic E-state index is 14.3. The maximum absolute atomic E-state index is 14.3. The molecule has 0 radical (unpaired) electrons. The summed E-state index contributed by atoms with van der Waals surface area (Å²) in [5, 5.41) is 7.74. The Balaban J connectivity index is 1.48. The second kappa shape index (κ2) is 10.1. The van der Waals surface area contributed by atoms with Crippen molar-refractivity contribution in [3.05, 3.63) is 60.2 Å². The zero-order valence-corrected chi connectivity index (χ0v) is 20.9. The Labute approximate surface area is 210 Å². The summed E-state index contributed by atoms with van der Waals surface area (Å²) >= 11 is 0. The Morgan fingerprint density at radius 3 is 2.61 bits per heavy atom. The number of nitrogens with zero attached hydrogens (tertiary/aromatic N) is 3. The highest BCUT2D eigenvalue weighted by atomic mass is 19.1. The Bertz CT molecular complexity index is 1210. The number of ether oxygens (including phenoxy) is 1. The summed E-state index contributed by atoms with van der Waals surface area (Å²) in [4.78, 5) is 17.7. The number of carbonyl (C=O) groups excluding carboxylic acids is 1. The summed E-state index contributed by atoms with van der Waals surface area (Å²) in [5.74, 6) is 6.40. The van der Waals surface area contributed by atoms with Crippen molar-refractivity contribution in [2.45, 2.75) is 64.5 Å². The van der Waals surface area contributed by atoms with Crippen LogP contribution in [0.5, 0.6) is 5.75 Å². The van der Waals surface area contributed by atoms with Gasteiger partial charge in [-0.3, -0.25) is 10.2 Å². The van der Waals surface area contributed by atoms with Gasteiger partial charge in [-0.1, -0.05) is 12.1 Å². The molecule has 1 aromatic carbocycles. The molecule has 192 valence electrons. The predicted octanol–water partition coefficient (Wildman–Crippen LogP) is 4.04. The molecule has 0 unspecified atom stereocenters. The highest BCUT2D eigenvalue weighted by molar-refractivity contribution is 5.82. The minimum absolute atomic E-state index is 0.0466. The quantitative estimate of drug-likeness (QED) is 0.168. The van der Waals surface area contributed by atoms with Crippen LogP contribution in [0.25, 0.3) is 0 Å². The Morgan fingerprint density at radius 2 is 1.92 bits per heavy atom. The summed E-state index contributed by atoms with van der Waals surface area (Å²) in [7, 11) is 0. The van der Waals surface area contributed by atoms with Crippen LogP contribution in [0.4, 0.5) is 21.7 Å². The van der Waals surface area contributed by atoms with E-state index in [-0.39, 0.29) is 29.0 Å². The van der Waals surface area contributed by atoms with Gasteiger partial charge in [-0.2, -0.15) is 5.10 Å². The zero-order valence-electron chi connectivity index (χ0n) is 20.9. The lowest BCUT2D eigenvalue weighted by atomic mass is 9.69. The number of nitrogen functional groups attached to an aromatic ring is 1. The number of nitrogens with two attached hydrogens (primary N) is 2. The molecule has 0 atom stereocenters. The van der Waals surface area contributed by atoms with Gasteiger partial charge in [0.2, 0.25) is 5.91 Å². The topological polar surface area (TPSA) is 133 Å². The SMILES string of the molecule is CC(C)(C)n1nccc1Nc1cccc(C[C@]2(C(=O)NN)CC[C@H](Oc3cccc(N)c3F)CC2)n1. The van der Waals surface area contributed by atoms with Gasteiger partial charge in [0, 0.05) is 18.2 Å². The molecule has 1 aliphatic rings. The number of hydrogen-bond donors (Lipinski definition) is 4. The third-order valence-electron chi connectivity index (χ3n) is 6.65. The van der Waals surface area contributed by atoms with Gasteiger partial charge in [0.25, 0.3) is 0 Å². The molecule has 36 heavy (non-hydrogen) atoms. The normalized spacial score (nSPS) is 20.1. The zero-order chi connectivity index (χ0) is 25.9. The molecule has 2 heterocycles. The molecule has 6 N–H and O–H groups in total. The fraction of sp³-hybridized carbons (Fsp3) is 0.423. The van der Waals surface area contributed by atoms with Crippen LogP contribution in [0.2, 0.25) is 0 Å². The number of halogens is 1. The smallest absolute Gasteiger partial charge is 0.240 e. The van der Waals surface area contributed by atoms with Crippen LogP contribution in [0.15, 0.2) is 48.7 Å². The molecular formula is C26H34FN7O2. The van der Waals surface area contributed by atoms with Gasteiger partial charge < -0.3 is 15.8 Å². The molecule has 9 nitrogen and oxygen atoms in total. The standard InChI is InChI=1S/C26H34FN7O2/c1-25(2,3)34-22(12-15-30-34)32-21-9-4-6-17(31-21)16-26(24(35)33-29)13-10-18(11-14-26)36-20-8-5-7-19(28)23(20)27/h4-9,12,15,18H,10-11,13-14,16,28-29H2,1-3H3,(H,31,32)(H,33,35)/t18-,26-. The van der Waals surface area contributed by atoms with Crippen LogP contribution >= 0.6 is 0 Å². The third kappa shape index (κ3) is 5.43. The summed E-state index contributed by atoms with van der Waals surface area (Å²) in [6.07, 6.45) is 4.15. The number of hydrazine groups is 1. The summed E-state index contributed by atoms with van der Waals surface area (Å²) in [6, 6.07) is 12.3. The van der Waals surface area contributed by atoms with Crippen LogP contribution in [0.3, 0.4) is 0 Å². The molecule has 1 amide bonds. The van der Waals surface area contributed by atoms with E-state index in [1.54, 1.807) is 18.3 Å². The lowest BCUT2D eigenvalue weighted by Gasteiger charge is -2.38. The molecule has 0 bridgehead atoms. The first kappa shape index (κ1) is 25.4. The van der Waals surface area contributed by atoms with Gasteiger partial charge in [0.15, 0.2) is 11.6 Å². The third-order valence-corrected chi connectivity index (χ3v) is 6.65. The fourth-order valence-electron chi connectivity index (χ4n) is 4.76. The van der Waals surface area contributed by atoms with E-state index in [0.717, 1.165) is 11.5 Å². The van der Waals surface area contributed by atoms with E-state index >= 15 is 0 Å². The Morgan fingerprint density at radius 1 is 1.19 bits per heavy atom. The maximum Gasteiger partial charge on any atom is 0.240 e. The highest BCUT2D eigenvalue weighted by Gasteiger charge is 2.42. The number of pyridine rings is 1. The first-order valence-electron chi connectivity index (χ1n) is 12.1.